The summed E-state index contributed by atoms with van der Waals surface area (Å²) in [6.07, 6.45) is 0. The zero-order valence-electron chi connectivity index (χ0n) is 12.0. The fourth-order valence-corrected chi connectivity index (χ4v) is 1.92. The van der Waals surface area contributed by atoms with Gasteiger partial charge in [0.2, 0.25) is 0 Å². The van der Waals surface area contributed by atoms with E-state index in [2.05, 4.69) is 17.4 Å². The summed E-state index contributed by atoms with van der Waals surface area (Å²) < 4.78 is 4.95. The Balaban J connectivity index is 0.00000220. The fourth-order valence-electron chi connectivity index (χ4n) is 1.92. The van der Waals surface area contributed by atoms with E-state index in [0.717, 1.165) is 18.7 Å². The van der Waals surface area contributed by atoms with Crippen molar-refractivity contribution in [3.63, 3.8) is 0 Å². The number of carbonyl (C=O) groups is 1. The van der Waals surface area contributed by atoms with Crippen LogP contribution in [-0.2, 0) is 17.8 Å². The summed E-state index contributed by atoms with van der Waals surface area (Å²) >= 11 is 0. The molecule has 112 valence electrons. The van der Waals surface area contributed by atoms with Crippen LogP contribution in [0.1, 0.15) is 28.4 Å². The lowest BCUT2D eigenvalue weighted by molar-refractivity contribution is 0.0526. The van der Waals surface area contributed by atoms with Crippen molar-refractivity contribution >= 4 is 18.4 Å². The maximum absolute atomic E-state index is 11.5. The molecule has 2 aromatic carbocycles. The minimum atomic E-state index is -0.267. The number of rotatable bonds is 6. The van der Waals surface area contributed by atoms with Crippen LogP contribution in [0.3, 0.4) is 0 Å². The number of hydrogen-bond acceptors (Lipinski definition) is 3. The lowest BCUT2D eigenvalue weighted by atomic mass is 10.1. The summed E-state index contributed by atoms with van der Waals surface area (Å²) in [5.74, 6) is -0.267. The van der Waals surface area contributed by atoms with Gasteiger partial charge in [-0.2, -0.15) is 0 Å². The van der Waals surface area contributed by atoms with Crippen LogP contribution >= 0.6 is 12.4 Å². The normalized spacial score (nSPS) is 9.76. The monoisotopic (exact) mass is 305 g/mol. The van der Waals surface area contributed by atoms with Crippen molar-refractivity contribution in [2.24, 2.45) is 0 Å². The minimum absolute atomic E-state index is 0. The molecule has 1 N–H and O–H groups in total. The fraction of sp³-hybridized carbons (Fsp3) is 0.235. The number of carbonyl (C=O) groups excluding carboxylic acids is 1. The third kappa shape index (κ3) is 5.58. The summed E-state index contributed by atoms with van der Waals surface area (Å²) in [6.45, 7) is 3.82. The van der Waals surface area contributed by atoms with E-state index in [-0.39, 0.29) is 18.4 Å². The van der Waals surface area contributed by atoms with Gasteiger partial charge in [-0.3, -0.25) is 0 Å². The topological polar surface area (TPSA) is 38.3 Å². The molecule has 0 saturated heterocycles. The van der Waals surface area contributed by atoms with E-state index in [1.54, 1.807) is 19.1 Å². The largest absolute Gasteiger partial charge is 0.462 e. The van der Waals surface area contributed by atoms with Gasteiger partial charge in [0.1, 0.15) is 0 Å². The zero-order chi connectivity index (χ0) is 14.2. The third-order valence-corrected chi connectivity index (χ3v) is 2.97. The standard InChI is InChI=1S/C17H19NO2.ClH/c1-2-20-17(19)16-10-8-15(9-11-16)13-18-12-14-6-4-3-5-7-14;/h3-11,18H,2,12-13H2,1H3;1H. The molecule has 0 bridgehead atoms. The number of hydrogen-bond donors (Lipinski definition) is 1. The Bertz CT molecular complexity index is 540. The van der Waals surface area contributed by atoms with Gasteiger partial charge in [-0.25, -0.2) is 4.79 Å². The molecule has 21 heavy (non-hydrogen) atoms. The third-order valence-electron chi connectivity index (χ3n) is 2.97. The van der Waals surface area contributed by atoms with Gasteiger partial charge in [0.05, 0.1) is 12.2 Å². The Morgan fingerprint density at radius 2 is 1.52 bits per heavy atom. The number of halogens is 1. The molecular weight excluding hydrogens is 286 g/mol. The lowest BCUT2D eigenvalue weighted by Crippen LogP contribution is -2.12. The summed E-state index contributed by atoms with van der Waals surface area (Å²) in [7, 11) is 0. The quantitative estimate of drug-likeness (QED) is 0.829. The molecule has 0 fully saturated rings. The van der Waals surface area contributed by atoms with Crippen LogP contribution in [-0.4, -0.2) is 12.6 Å². The average molecular weight is 306 g/mol. The number of esters is 1. The SMILES string of the molecule is CCOC(=O)c1ccc(CNCc2ccccc2)cc1.Cl. The van der Waals surface area contributed by atoms with Gasteiger partial charge >= 0.3 is 5.97 Å². The van der Waals surface area contributed by atoms with Crippen molar-refractivity contribution in [1.82, 2.24) is 5.32 Å². The molecule has 0 unspecified atom stereocenters. The second kappa shape index (κ2) is 9.16. The van der Waals surface area contributed by atoms with Crippen LogP contribution in [0.25, 0.3) is 0 Å². The van der Waals surface area contributed by atoms with Gasteiger partial charge in [0.25, 0.3) is 0 Å². The number of benzene rings is 2. The van der Waals surface area contributed by atoms with Gasteiger partial charge in [-0.15, -0.1) is 12.4 Å². The first kappa shape index (κ1) is 17.2. The molecule has 0 saturated carbocycles. The van der Waals surface area contributed by atoms with Crippen LogP contribution < -0.4 is 5.32 Å². The first-order valence-corrected chi connectivity index (χ1v) is 6.80. The maximum atomic E-state index is 11.5. The maximum Gasteiger partial charge on any atom is 0.338 e. The molecule has 0 aliphatic heterocycles. The Morgan fingerprint density at radius 1 is 0.952 bits per heavy atom. The minimum Gasteiger partial charge on any atom is -0.462 e. The van der Waals surface area contributed by atoms with Crippen LogP contribution in [0.5, 0.6) is 0 Å². The summed E-state index contributed by atoms with van der Waals surface area (Å²) in [4.78, 5) is 11.5. The summed E-state index contributed by atoms with van der Waals surface area (Å²) in [5.41, 5.74) is 3.00. The molecule has 3 nitrogen and oxygen atoms in total. The molecule has 0 aliphatic rings. The second-order valence-electron chi connectivity index (χ2n) is 4.51. The molecule has 0 atom stereocenters. The zero-order valence-corrected chi connectivity index (χ0v) is 12.9. The van der Waals surface area contributed by atoms with Crippen molar-refractivity contribution in [2.45, 2.75) is 20.0 Å². The van der Waals surface area contributed by atoms with Crippen molar-refractivity contribution < 1.29 is 9.53 Å². The van der Waals surface area contributed by atoms with Gasteiger partial charge < -0.3 is 10.1 Å². The van der Waals surface area contributed by atoms with Crippen molar-refractivity contribution in [3.05, 3.63) is 71.3 Å². The van der Waals surface area contributed by atoms with E-state index in [1.807, 2.05) is 30.3 Å². The summed E-state index contributed by atoms with van der Waals surface area (Å²) in [5, 5.41) is 3.38. The smallest absolute Gasteiger partial charge is 0.338 e. The Morgan fingerprint density at radius 3 is 2.10 bits per heavy atom. The highest BCUT2D eigenvalue weighted by atomic mass is 35.5. The first-order valence-electron chi connectivity index (χ1n) is 6.80. The predicted octanol–water partition coefficient (Wildman–Crippen LogP) is 3.57. The van der Waals surface area contributed by atoms with Crippen LogP contribution in [0, 0.1) is 0 Å². The lowest BCUT2D eigenvalue weighted by Gasteiger charge is -2.06. The van der Waals surface area contributed by atoms with Crippen LogP contribution in [0.15, 0.2) is 54.6 Å². The van der Waals surface area contributed by atoms with E-state index in [1.165, 1.54) is 5.56 Å². The molecule has 0 heterocycles. The highest BCUT2D eigenvalue weighted by Gasteiger charge is 2.05. The van der Waals surface area contributed by atoms with E-state index in [9.17, 15) is 4.79 Å². The van der Waals surface area contributed by atoms with E-state index < -0.39 is 0 Å². The Labute approximate surface area is 131 Å². The van der Waals surface area contributed by atoms with E-state index in [0.29, 0.717) is 12.2 Å². The summed E-state index contributed by atoms with van der Waals surface area (Å²) in [6, 6.07) is 17.8. The average Bonchev–Trinajstić information content (AvgIpc) is 2.49. The van der Waals surface area contributed by atoms with Crippen molar-refractivity contribution in [1.29, 1.82) is 0 Å². The van der Waals surface area contributed by atoms with Gasteiger partial charge in [0, 0.05) is 13.1 Å². The Hall–Kier alpha value is -1.84. The molecule has 0 spiro atoms. The molecular formula is C17H20ClNO2. The molecule has 4 heteroatoms. The molecule has 0 radical (unpaired) electrons. The molecule has 2 rings (SSSR count). The van der Waals surface area contributed by atoms with Gasteiger partial charge in [-0.05, 0) is 30.2 Å². The first-order chi connectivity index (χ1) is 9.79. The molecule has 0 aliphatic carbocycles. The van der Waals surface area contributed by atoms with E-state index >= 15 is 0 Å². The van der Waals surface area contributed by atoms with Crippen molar-refractivity contribution in [3.8, 4) is 0 Å². The van der Waals surface area contributed by atoms with E-state index in [4.69, 9.17) is 4.74 Å². The van der Waals surface area contributed by atoms with Crippen molar-refractivity contribution in [2.75, 3.05) is 6.61 Å². The molecule has 2 aromatic rings. The second-order valence-corrected chi connectivity index (χ2v) is 4.51. The Kier molecular flexibility index (Phi) is 7.51. The highest BCUT2D eigenvalue weighted by Crippen LogP contribution is 2.06. The number of nitrogens with one attached hydrogen (secondary N) is 1. The van der Waals surface area contributed by atoms with Crippen LogP contribution in [0.2, 0.25) is 0 Å². The number of ether oxygens (including phenoxy) is 1. The highest BCUT2D eigenvalue weighted by molar-refractivity contribution is 5.89. The predicted molar refractivity (Wildman–Crippen MR) is 86.6 cm³/mol. The van der Waals surface area contributed by atoms with Gasteiger partial charge in [0.15, 0.2) is 0 Å². The van der Waals surface area contributed by atoms with Gasteiger partial charge in [-0.1, -0.05) is 42.5 Å². The molecule has 0 amide bonds. The molecule has 0 aromatic heterocycles. The van der Waals surface area contributed by atoms with Crippen LogP contribution in [0.4, 0.5) is 0 Å².